The van der Waals surface area contributed by atoms with Gasteiger partial charge in [0.05, 0.1) is 20.8 Å². The van der Waals surface area contributed by atoms with Crippen molar-refractivity contribution in [3.8, 4) is 17.4 Å². The van der Waals surface area contributed by atoms with Crippen molar-refractivity contribution in [2.45, 2.75) is 6.92 Å². The highest BCUT2D eigenvalue weighted by Gasteiger charge is 2.06. The Kier molecular flexibility index (Phi) is 10.6. The molecule has 0 unspecified atom stereocenters. The van der Waals surface area contributed by atoms with Gasteiger partial charge in [0.1, 0.15) is 11.6 Å². The summed E-state index contributed by atoms with van der Waals surface area (Å²) in [5.74, 6) is 2.35. The van der Waals surface area contributed by atoms with Crippen LogP contribution in [0.1, 0.15) is 6.92 Å². The van der Waals surface area contributed by atoms with Crippen LogP contribution >= 0.6 is 35.6 Å². The molecule has 0 bridgehead atoms. The zero-order valence-electron chi connectivity index (χ0n) is 15.5. The van der Waals surface area contributed by atoms with Crippen LogP contribution in [0, 0.1) is 0 Å². The zero-order chi connectivity index (χ0) is 18.8. The first-order valence-electron chi connectivity index (χ1n) is 8.18. The number of hydrogen-bond acceptors (Lipinski definition) is 5. The molecule has 0 fully saturated rings. The van der Waals surface area contributed by atoms with Crippen LogP contribution in [0.5, 0.6) is 17.4 Å². The van der Waals surface area contributed by atoms with Crippen molar-refractivity contribution in [3.05, 3.63) is 41.6 Å². The lowest BCUT2D eigenvalue weighted by molar-refractivity contribution is 0.316. The molecular weight excluding hydrogens is 483 g/mol. The van der Waals surface area contributed by atoms with E-state index in [1.165, 1.54) is 0 Å². The molecule has 7 nitrogen and oxygen atoms in total. The molecule has 2 rings (SSSR count). The van der Waals surface area contributed by atoms with E-state index >= 15 is 0 Å². The summed E-state index contributed by atoms with van der Waals surface area (Å²) >= 11 is 6.01. The molecule has 0 saturated carbocycles. The highest BCUT2D eigenvalue weighted by Crippen LogP contribution is 2.29. The molecule has 1 heterocycles. The molecule has 1 aromatic heterocycles. The minimum atomic E-state index is 0. The maximum atomic E-state index is 6.01. The third-order valence-electron chi connectivity index (χ3n) is 3.32. The van der Waals surface area contributed by atoms with E-state index in [1.807, 2.05) is 25.1 Å². The third-order valence-corrected chi connectivity index (χ3v) is 3.60. The van der Waals surface area contributed by atoms with Crippen LogP contribution in [-0.2, 0) is 0 Å². The molecule has 0 spiro atoms. The van der Waals surface area contributed by atoms with Gasteiger partial charge in [-0.1, -0.05) is 11.6 Å². The maximum absolute atomic E-state index is 6.01. The standard InChI is InChI=1S/C18H23ClN4O3.HI/c1-4-20-18(22-10-11-26-17-14(19)6-5-9-21-17)23-13-7-8-15(24-2)16(12-13)25-3;/h5-9,12H,4,10-11H2,1-3H3,(H2,20,22,23);1H. The average Bonchev–Trinajstić information content (AvgIpc) is 2.66. The van der Waals surface area contributed by atoms with Crippen LogP contribution in [-0.4, -0.2) is 44.9 Å². The number of benzene rings is 1. The number of nitrogens with one attached hydrogen (secondary N) is 2. The van der Waals surface area contributed by atoms with Crippen molar-refractivity contribution in [1.82, 2.24) is 10.3 Å². The molecule has 2 N–H and O–H groups in total. The predicted molar refractivity (Wildman–Crippen MR) is 119 cm³/mol. The Morgan fingerprint density at radius 2 is 1.96 bits per heavy atom. The van der Waals surface area contributed by atoms with Gasteiger partial charge >= 0.3 is 0 Å². The lowest BCUT2D eigenvalue weighted by atomic mass is 10.3. The van der Waals surface area contributed by atoms with Crippen molar-refractivity contribution in [2.75, 3.05) is 39.2 Å². The Hall–Kier alpha value is -1.94. The molecule has 0 atom stereocenters. The fourth-order valence-corrected chi connectivity index (χ4v) is 2.31. The lowest BCUT2D eigenvalue weighted by Gasteiger charge is -2.14. The van der Waals surface area contributed by atoms with Crippen molar-refractivity contribution in [3.63, 3.8) is 0 Å². The fraction of sp³-hybridized carbons (Fsp3) is 0.333. The molecule has 9 heteroatoms. The summed E-state index contributed by atoms with van der Waals surface area (Å²) in [7, 11) is 3.20. The Morgan fingerprint density at radius 3 is 2.63 bits per heavy atom. The van der Waals surface area contributed by atoms with Gasteiger partial charge in [-0.25, -0.2) is 9.98 Å². The molecular formula is C18H24ClIN4O3. The number of aromatic nitrogens is 1. The molecule has 0 amide bonds. The number of anilines is 1. The van der Waals surface area contributed by atoms with E-state index in [4.69, 9.17) is 25.8 Å². The fourth-order valence-electron chi connectivity index (χ4n) is 2.13. The van der Waals surface area contributed by atoms with Crippen molar-refractivity contribution < 1.29 is 14.2 Å². The number of nitrogens with zero attached hydrogens (tertiary/aromatic N) is 2. The van der Waals surface area contributed by atoms with Crippen LogP contribution < -0.4 is 24.8 Å². The van der Waals surface area contributed by atoms with Crippen molar-refractivity contribution in [2.24, 2.45) is 4.99 Å². The molecule has 0 saturated heterocycles. The number of ether oxygens (including phenoxy) is 3. The second-order valence-electron chi connectivity index (χ2n) is 5.09. The number of aliphatic imine (C=N–C) groups is 1. The zero-order valence-corrected chi connectivity index (χ0v) is 18.6. The second-order valence-corrected chi connectivity index (χ2v) is 5.50. The molecule has 0 aliphatic carbocycles. The van der Waals surface area contributed by atoms with Crippen LogP contribution in [0.15, 0.2) is 41.5 Å². The molecule has 148 valence electrons. The normalized spacial score (nSPS) is 10.6. The van der Waals surface area contributed by atoms with E-state index in [0.29, 0.717) is 41.5 Å². The number of guanidine groups is 1. The molecule has 2 aromatic rings. The van der Waals surface area contributed by atoms with Gasteiger partial charge in [-0.2, -0.15) is 0 Å². The summed E-state index contributed by atoms with van der Waals surface area (Å²) in [4.78, 5) is 8.55. The number of pyridine rings is 1. The second kappa shape index (κ2) is 12.4. The number of rotatable bonds is 8. The lowest BCUT2D eigenvalue weighted by Crippen LogP contribution is -2.31. The van der Waals surface area contributed by atoms with Gasteiger partial charge < -0.3 is 24.8 Å². The van der Waals surface area contributed by atoms with E-state index < -0.39 is 0 Å². The number of halogens is 2. The van der Waals surface area contributed by atoms with Gasteiger partial charge in [-0.15, -0.1) is 24.0 Å². The largest absolute Gasteiger partial charge is 0.493 e. The summed E-state index contributed by atoms with van der Waals surface area (Å²) < 4.78 is 16.1. The summed E-state index contributed by atoms with van der Waals surface area (Å²) in [5.41, 5.74) is 0.830. The molecule has 1 aromatic carbocycles. The van der Waals surface area contributed by atoms with E-state index in [0.717, 1.165) is 12.2 Å². The Balaban J connectivity index is 0.00000364. The highest BCUT2D eigenvalue weighted by atomic mass is 127. The van der Waals surface area contributed by atoms with E-state index in [-0.39, 0.29) is 24.0 Å². The van der Waals surface area contributed by atoms with E-state index in [1.54, 1.807) is 32.5 Å². The molecule has 27 heavy (non-hydrogen) atoms. The summed E-state index contributed by atoms with van der Waals surface area (Å²) in [6, 6.07) is 9.05. The molecule has 0 aliphatic heterocycles. The summed E-state index contributed by atoms with van der Waals surface area (Å²) in [6.07, 6.45) is 1.63. The van der Waals surface area contributed by atoms with E-state index in [9.17, 15) is 0 Å². The maximum Gasteiger partial charge on any atom is 0.232 e. The highest BCUT2D eigenvalue weighted by molar-refractivity contribution is 14.0. The number of hydrogen-bond donors (Lipinski definition) is 2. The van der Waals surface area contributed by atoms with Crippen LogP contribution in [0.25, 0.3) is 0 Å². The molecule has 0 aliphatic rings. The smallest absolute Gasteiger partial charge is 0.232 e. The summed E-state index contributed by atoms with van der Waals surface area (Å²) in [5, 5.41) is 6.88. The Labute approximate surface area is 181 Å². The monoisotopic (exact) mass is 506 g/mol. The van der Waals surface area contributed by atoms with Gasteiger partial charge in [0.25, 0.3) is 0 Å². The van der Waals surface area contributed by atoms with Gasteiger partial charge in [0.2, 0.25) is 5.88 Å². The van der Waals surface area contributed by atoms with Gasteiger partial charge in [-0.05, 0) is 31.2 Å². The Morgan fingerprint density at radius 1 is 1.19 bits per heavy atom. The van der Waals surface area contributed by atoms with Crippen LogP contribution in [0.2, 0.25) is 5.02 Å². The van der Waals surface area contributed by atoms with E-state index in [2.05, 4.69) is 20.6 Å². The first-order chi connectivity index (χ1) is 12.7. The first-order valence-corrected chi connectivity index (χ1v) is 8.56. The summed E-state index contributed by atoms with van der Waals surface area (Å²) in [6.45, 7) is 3.52. The van der Waals surface area contributed by atoms with Gasteiger partial charge in [-0.3, -0.25) is 0 Å². The quantitative estimate of drug-likeness (QED) is 0.245. The SMILES string of the molecule is CCNC(=NCCOc1ncccc1Cl)Nc1ccc(OC)c(OC)c1.I. The minimum Gasteiger partial charge on any atom is -0.493 e. The Bertz CT molecular complexity index is 746. The predicted octanol–water partition coefficient (Wildman–Crippen LogP) is 3.83. The average molecular weight is 507 g/mol. The van der Waals surface area contributed by atoms with Crippen LogP contribution in [0.3, 0.4) is 0 Å². The first kappa shape index (κ1) is 23.1. The minimum absolute atomic E-state index is 0. The number of methoxy groups -OCH3 is 2. The third kappa shape index (κ3) is 7.30. The topological polar surface area (TPSA) is 77.0 Å². The van der Waals surface area contributed by atoms with Crippen molar-refractivity contribution in [1.29, 1.82) is 0 Å². The molecule has 0 radical (unpaired) electrons. The van der Waals surface area contributed by atoms with Crippen LogP contribution in [0.4, 0.5) is 5.69 Å². The van der Waals surface area contributed by atoms with Gasteiger partial charge in [0, 0.05) is 24.5 Å². The van der Waals surface area contributed by atoms with Crippen molar-refractivity contribution >= 4 is 47.2 Å². The van der Waals surface area contributed by atoms with Gasteiger partial charge in [0.15, 0.2) is 17.5 Å².